The molecule has 26 heavy (non-hydrogen) atoms. The van der Waals surface area contributed by atoms with E-state index in [9.17, 15) is 4.79 Å². The van der Waals surface area contributed by atoms with Crippen LogP contribution in [0.2, 0.25) is 10.0 Å². The van der Waals surface area contributed by atoms with E-state index in [2.05, 4.69) is 18.3 Å². The summed E-state index contributed by atoms with van der Waals surface area (Å²) in [6.07, 6.45) is 0. The van der Waals surface area contributed by atoms with Crippen LogP contribution in [0.4, 0.5) is 5.69 Å². The number of hydrogen-bond acceptors (Lipinski definition) is 1. The first-order valence-electron chi connectivity index (χ1n) is 9.01. The Kier molecular flexibility index (Phi) is 6.54. The molecule has 0 aromatic heterocycles. The fourth-order valence-corrected chi connectivity index (χ4v) is 4.05. The van der Waals surface area contributed by atoms with Crippen LogP contribution in [0, 0.1) is 0 Å². The summed E-state index contributed by atoms with van der Waals surface area (Å²) in [5, 5.41) is 4.31. The highest BCUT2D eigenvalue weighted by atomic mass is 35.5. The first kappa shape index (κ1) is 19.2. The van der Waals surface area contributed by atoms with Gasteiger partial charge in [-0.1, -0.05) is 53.5 Å². The second kappa shape index (κ2) is 8.87. The normalized spacial score (nSPS) is 21.2. The summed E-state index contributed by atoms with van der Waals surface area (Å²) in [5.41, 5.74) is 1.87. The summed E-state index contributed by atoms with van der Waals surface area (Å²) in [7, 11) is 0. The molecular weight excluding hydrogens is 369 g/mol. The van der Waals surface area contributed by atoms with E-state index in [1.54, 1.807) is 6.07 Å². The molecule has 3 N–H and O–H groups in total. The number of halogens is 2. The Morgan fingerprint density at radius 2 is 1.62 bits per heavy atom. The van der Waals surface area contributed by atoms with Gasteiger partial charge in [-0.25, -0.2) is 0 Å². The molecule has 3 rings (SSSR count). The maximum Gasteiger partial charge on any atom is 0.279 e. The first-order valence-corrected chi connectivity index (χ1v) is 9.77. The molecule has 1 amide bonds. The van der Waals surface area contributed by atoms with Crippen LogP contribution >= 0.6 is 23.2 Å². The maximum absolute atomic E-state index is 12.3. The molecular formula is C20H25Cl2N3O+2. The average Bonchev–Trinajstić information content (AvgIpc) is 2.64. The Labute approximate surface area is 164 Å². The lowest BCUT2D eigenvalue weighted by molar-refractivity contribution is -1.02. The number of carbonyl (C=O) groups excluding carboxylic acids is 1. The smallest absolute Gasteiger partial charge is 0.279 e. The minimum Gasteiger partial charge on any atom is -0.320 e. The standard InChI is InChI=1S/C20H23Cl2N3O/c1-15(16-6-2-3-7-17(16)21)25-12-10-24(11-13-25)14-20(26)23-19-9-5-4-8-18(19)22/h2-9,15H,10-14H2,1H3,(H,23,26)/p+2/t15-/m0/s1. The molecule has 1 atom stereocenters. The lowest BCUT2D eigenvalue weighted by Gasteiger charge is -2.33. The van der Waals surface area contributed by atoms with Gasteiger partial charge in [0.15, 0.2) is 6.54 Å². The SMILES string of the molecule is C[C@@H](c1ccccc1Cl)[NH+]1CC[NH+](CC(=O)Nc2ccccc2Cl)CC1. The lowest BCUT2D eigenvalue weighted by Crippen LogP contribution is -3.28. The fourth-order valence-electron chi connectivity index (χ4n) is 3.56. The molecule has 138 valence electrons. The summed E-state index contributed by atoms with van der Waals surface area (Å²) in [4.78, 5) is 15.1. The van der Waals surface area contributed by atoms with E-state index in [1.807, 2.05) is 36.4 Å². The molecule has 1 aliphatic rings. The van der Waals surface area contributed by atoms with Crippen molar-refractivity contribution in [3.05, 3.63) is 64.1 Å². The molecule has 1 aliphatic heterocycles. The predicted octanol–water partition coefficient (Wildman–Crippen LogP) is 1.48. The van der Waals surface area contributed by atoms with Gasteiger partial charge in [-0.05, 0) is 25.1 Å². The second-order valence-electron chi connectivity index (χ2n) is 6.86. The second-order valence-corrected chi connectivity index (χ2v) is 7.67. The van der Waals surface area contributed by atoms with Crippen LogP contribution in [0.25, 0.3) is 0 Å². The van der Waals surface area contributed by atoms with Gasteiger partial charge in [0.2, 0.25) is 0 Å². The third-order valence-electron chi connectivity index (χ3n) is 5.14. The van der Waals surface area contributed by atoms with Crippen molar-refractivity contribution in [1.29, 1.82) is 0 Å². The van der Waals surface area contributed by atoms with E-state index in [4.69, 9.17) is 23.2 Å². The number of rotatable bonds is 5. The molecule has 6 heteroatoms. The van der Waals surface area contributed by atoms with Crippen LogP contribution in [0.15, 0.2) is 48.5 Å². The van der Waals surface area contributed by atoms with Gasteiger partial charge in [-0.15, -0.1) is 0 Å². The maximum atomic E-state index is 12.3. The highest BCUT2D eigenvalue weighted by Gasteiger charge is 2.29. The Bertz CT molecular complexity index is 760. The summed E-state index contributed by atoms with van der Waals surface area (Å²) in [5.74, 6) is 0.00991. The van der Waals surface area contributed by atoms with Gasteiger partial charge in [0, 0.05) is 10.6 Å². The quantitative estimate of drug-likeness (QED) is 0.706. The lowest BCUT2D eigenvalue weighted by atomic mass is 10.1. The molecule has 2 aromatic carbocycles. The average molecular weight is 394 g/mol. The summed E-state index contributed by atoms with van der Waals surface area (Å²) < 4.78 is 0. The third-order valence-corrected chi connectivity index (χ3v) is 5.82. The Balaban J connectivity index is 1.50. The third kappa shape index (κ3) is 4.77. The number of amides is 1. The van der Waals surface area contributed by atoms with E-state index < -0.39 is 0 Å². The monoisotopic (exact) mass is 393 g/mol. The van der Waals surface area contributed by atoms with Gasteiger partial charge in [0.25, 0.3) is 5.91 Å². The number of para-hydroxylation sites is 1. The minimum absolute atomic E-state index is 0.00991. The first-order chi connectivity index (χ1) is 12.5. The predicted molar refractivity (Wildman–Crippen MR) is 106 cm³/mol. The van der Waals surface area contributed by atoms with Crippen molar-refractivity contribution in [2.24, 2.45) is 0 Å². The van der Waals surface area contributed by atoms with Gasteiger partial charge >= 0.3 is 0 Å². The summed E-state index contributed by atoms with van der Waals surface area (Å²) in [6.45, 7) is 6.70. The van der Waals surface area contributed by atoms with Crippen molar-refractivity contribution in [2.75, 3.05) is 38.0 Å². The number of carbonyl (C=O) groups is 1. The Morgan fingerprint density at radius 1 is 1.00 bits per heavy atom. The van der Waals surface area contributed by atoms with E-state index in [0.717, 1.165) is 31.2 Å². The molecule has 0 saturated carbocycles. The molecule has 2 aromatic rings. The van der Waals surface area contributed by atoms with Crippen LogP contribution in [-0.2, 0) is 4.79 Å². The zero-order chi connectivity index (χ0) is 18.5. The van der Waals surface area contributed by atoms with Crippen molar-refractivity contribution < 1.29 is 14.6 Å². The molecule has 0 radical (unpaired) electrons. The van der Waals surface area contributed by atoms with E-state index >= 15 is 0 Å². The van der Waals surface area contributed by atoms with Crippen LogP contribution in [0.1, 0.15) is 18.5 Å². The molecule has 1 fully saturated rings. The van der Waals surface area contributed by atoms with E-state index in [1.165, 1.54) is 15.4 Å². The van der Waals surface area contributed by atoms with Crippen LogP contribution < -0.4 is 15.1 Å². The van der Waals surface area contributed by atoms with Gasteiger partial charge in [-0.2, -0.15) is 0 Å². The highest BCUT2D eigenvalue weighted by molar-refractivity contribution is 6.33. The zero-order valence-electron chi connectivity index (χ0n) is 14.9. The Morgan fingerprint density at radius 3 is 2.27 bits per heavy atom. The summed E-state index contributed by atoms with van der Waals surface area (Å²) in [6, 6.07) is 15.8. The summed E-state index contributed by atoms with van der Waals surface area (Å²) >= 11 is 12.4. The van der Waals surface area contributed by atoms with Crippen molar-refractivity contribution in [3.63, 3.8) is 0 Å². The molecule has 0 unspecified atom stereocenters. The minimum atomic E-state index is 0.00991. The number of nitrogens with one attached hydrogen (secondary N) is 3. The van der Waals surface area contributed by atoms with Gasteiger partial charge in [0.05, 0.1) is 10.7 Å². The molecule has 0 aliphatic carbocycles. The van der Waals surface area contributed by atoms with Crippen molar-refractivity contribution >= 4 is 34.8 Å². The Hall–Kier alpha value is -1.59. The molecule has 1 heterocycles. The van der Waals surface area contributed by atoms with Crippen LogP contribution in [-0.4, -0.2) is 38.6 Å². The van der Waals surface area contributed by atoms with E-state index in [-0.39, 0.29) is 5.91 Å². The number of anilines is 1. The molecule has 1 saturated heterocycles. The topological polar surface area (TPSA) is 38.0 Å². The number of piperazine rings is 1. The molecule has 0 spiro atoms. The van der Waals surface area contributed by atoms with Crippen molar-refractivity contribution in [3.8, 4) is 0 Å². The van der Waals surface area contributed by atoms with Crippen LogP contribution in [0.3, 0.4) is 0 Å². The van der Waals surface area contributed by atoms with Crippen molar-refractivity contribution in [1.82, 2.24) is 0 Å². The van der Waals surface area contributed by atoms with Crippen LogP contribution in [0.5, 0.6) is 0 Å². The zero-order valence-corrected chi connectivity index (χ0v) is 16.4. The number of quaternary nitrogens is 2. The molecule has 0 bridgehead atoms. The van der Waals surface area contributed by atoms with E-state index in [0.29, 0.717) is 23.3 Å². The largest absolute Gasteiger partial charge is 0.320 e. The van der Waals surface area contributed by atoms with Gasteiger partial charge in [-0.3, -0.25) is 4.79 Å². The number of benzene rings is 2. The molecule has 4 nitrogen and oxygen atoms in total. The van der Waals surface area contributed by atoms with Gasteiger partial charge < -0.3 is 15.1 Å². The highest BCUT2D eigenvalue weighted by Crippen LogP contribution is 2.20. The van der Waals surface area contributed by atoms with Gasteiger partial charge in [0.1, 0.15) is 32.2 Å². The van der Waals surface area contributed by atoms with Crippen molar-refractivity contribution in [2.45, 2.75) is 13.0 Å². The number of hydrogen-bond donors (Lipinski definition) is 3. The fraction of sp³-hybridized carbons (Fsp3) is 0.350.